The van der Waals surface area contributed by atoms with Crippen LogP contribution in [0, 0.1) is 17.8 Å². The minimum absolute atomic E-state index is 0.0000565. The van der Waals surface area contributed by atoms with Crippen LogP contribution in [0.2, 0.25) is 0 Å². The Morgan fingerprint density at radius 1 is 0.875 bits per heavy atom. The van der Waals surface area contributed by atoms with Gasteiger partial charge in [-0.05, 0) is 96.2 Å². The fraction of sp³-hybridized carbons (Fsp3) is 0.447. The number of aromatic nitrogens is 3. The number of benzene rings is 3. The van der Waals surface area contributed by atoms with E-state index in [0.29, 0.717) is 18.7 Å². The number of rotatable bonds is 10. The Balaban J connectivity index is 0.949. The smallest absolute Gasteiger partial charge is 0.315 e. The van der Waals surface area contributed by atoms with Gasteiger partial charge in [0, 0.05) is 29.8 Å². The van der Waals surface area contributed by atoms with Crippen molar-refractivity contribution < 1.29 is 19.4 Å². The van der Waals surface area contributed by atoms with Crippen molar-refractivity contribution in [3.8, 4) is 11.1 Å². The normalized spacial score (nSPS) is 29.1. The van der Waals surface area contributed by atoms with Gasteiger partial charge in [-0.2, -0.15) is 5.10 Å². The zero-order chi connectivity index (χ0) is 32.5. The lowest BCUT2D eigenvalue weighted by Gasteiger charge is -2.56. The molecule has 9 nitrogen and oxygen atoms in total. The molecule has 1 aromatic heterocycles. The summed E-state index contributed by atoms with van der Waals surface area (Å²) in [4.78, 5) is 17.4. The van der Waals surface area contributed by atoms with Crippen LogP contribution >= 0.6 is 11.8 Å². The van der Waals surface area contributed by atoms with Crippen LogP contribution in [-0.2, 0) is 22.6 Å². The summed E-state index contributed by atoms with van der Waals surface area (Å²) < 4.78 is 13.1. The number of urea groups is 1. The predicted octanol–water partition coefficient (Wildman–Crippen LogP) is 7.07. The molecule has 2 heterocycles. The highest BCUT2D eigenvalue weighted by Gasteiger charge is 2.51. The SMILES string of the molecule is O=C(NCc1cccc(-c2cccc([C@@H]3O[C@H](CSc4ncn[nH]4)C[C@H](c4ccc(CO)cc4)O3)c2)c1)NC12CC3CC(CC(C3)C1)C2. The van der Waals surface area contributed by atoms with Gasteiger partial charge in [-0.3, -0.25) is 5.10 Å². The second-order valence-electron chi connectivity index (χ2n) is 14.3. The number of ether oxygens (including phenoxy) is 2. The number of amides is 2. The molecule has 4 saturated carbocycles. The first kappa shape index (κ1) is 31.6. The number of nitrogens with one attached hydrogen (secondary N) is 3. The summed E-state index contributed by atoms with van der Waals surface area (Å²) in [5.41, 5.74) is 6.05. The van der Waals surface area contributed by atoms with E-state index >= 15 is 0 Å². The molecule has 3 aromatic carbocycles. The van der Waals surface area contributed by atoms with Crippen LogP contribution in [-0.4, -0.2) is 43.7 Å². The predicted molar refractivity (Wildman–Crippen MR) is 184 cm³/mol. The molecule has 2 amide bonds. The van der Waals surface area contributed by atoms with Crippen molar-refractivity contribution in [2.24, 2.45) is 17.8 Å². The fourth-order valence-corrected chi connectivity index (χ4v) is 9.71. The van der Waals surface area contributed by atoms with Crippen molar-refractivity contribution in [3.05, 3.63) is 101 Å². The van der Waals surface area contributed by atoms with E-state index in [4.69, 9.17) is 9.47 Å². The molecule has 48 heavy (non-hydrogen) atoms. The molecule has 10 heteroatoms. The molecule has 1 saturated heterocycles. The second-order valence-corrected chi connectivity index (χ2v) is 15.3. The van der Waals surface area contributed by atoms with Gasteiger partial charge in [0.2, 0.25) is 0 Å². The van der Waals surface area contributed by atoms with Gasteiger partial charge in [0.15, 0.2) is 11.4 Å². The van der Waals surface area contributed by atoms with Crippen molar-refractivity contribution in [2.45, 2.75) is 87.3 Å². The van der Waals surface area contributed by atoms with Crippen LogP contribution < -0.4 is 10.6 Å². The van der Waals surface area contributed by atoms with Crippen LogP contribution in [0.15, 0.2) is 84.3 Å². The molecular weight excluding hydrogens is 623 g/mol. The first-order chi connectivity index (χ1) is 23.5. The number of aromatic amines is 1. The van der Waals surface area contributed by atoms with Crippen LogP contribution in [0.25, 0.3) is 11.1 Å². The molecule has 0 spiro atoms. The average molecular weight is 666 g/mol. The van der Waals surface area contributed by atoms with Gasteiger partial charge in [0.05, 0.1) is 18.8 Å². The van der Waals surface area contributed by atoms with Crippen molar-refractivity contribution in [2.75, 3.05) is 5.75 Å². The summed E-state index contributed by atoms with van der Waals surface area (Å²) in [6.07, 6.45) is 8.91. The number of carbonyl (C=O) groups excluding carboxylic acids is 1. The number of aliphatic hydroxyl groups is 1. The molecule has 4 N–H and O–H groups in total. The van der Waals surface area contributed by atoms with Crippen molar-refractivity contribution >= 4 is 17.8 Å². The third-order valence-electron chi connectivity index (χ3n) is 10.7. The Morgan fingerprint density at radius 3 is 2.31 bits per heavy atom. The number of hydrogen-bond acceptors (Lipinski definition) is 7. The molecule has 3 atom stereocenters. The third kappa shape index (κ3) is 7.03. The summed E-state index contributed by atoms with van der Waals surface area (Å²) in [5, 5.41) is 23.7. The highest BCUT2D eigenvalue weighted by atomic mass is 32.2. The molecule has 4 aromatic rings. The monoisotopic (exact) mass is 665 g/mol. The Morgan fingerprint density at radius 2 is 1.60 bits per heavy atom. The summed E-state index contributed by atoms with van der Waals surface area (Å²) in [6.45, 7) is 0.481. The van der Waals surface area contributed by atoms with Crippen molar-refractivity contribution in [1.29, 1.82) is 0 Å². The van der Waals surface area contributed by atoms with E-state index in [0.717, 1.165) is 75.6 Å². The number of aliphatic hydroxyl groups excluding tert-OH is 1. The van der Waals surface area contributed by atoms with Gasteiger partial charge in [-0.25, -0.2) is 9.78 Å². The summed E-state index contributed by atoms with van der Waals surface area (Å²) in [6, 6.07) is 24.6. The van der Waals surface area contributed by atoms with E-state index in [2.05, 4.69) is 56.1 Å². The van der Waals surface area contributed by atoms with Gasteiger partial charge in [-0.1, -0.05) is 72.4 Å². The number of carbonyl (C=O) groups is 1. The molecule has 9 rings (SSSR count). The second kappa shape index (κ2) is 13.7. The number of hydrogen-bond donors (Lipinski definition) is 4. The molecule has 5 aliphatic rings. The minimum Gasteiger partial charge on any atom is -0.392 e. The van der Waals surface area contributed by atoms with Gasteiger partial charge < -0.3 is 25.2 Å². The van der Waals surface area contributed by atoms with Gasteiger partial charge >= 0.3 is 6.03 Å². The lowest BCUT2D eigenvalue weighted by atomic mass is 9.53. The van der Waals surface area contributed by atoms with E-state index < -0.39 is 6.29 Å². The molecule has 4 aliphatic carbocycles. The zero-order valence-electron chi connectivity index (χ0n) is 27.0. The molecule has 1 aliphatic heterocycles. The largest absolute Gasteiger partial charge is 0.392 e. The van der Waals surface area contributed by atoms with E-state index in [1.54, 1.807) is 11.8 Å². The number of nitrogens with zero attached hydrogens (tertiary/aromatic N) is 2. The molecule has 4 bridgehead atoms. The zero-order valence-corrected chi connectivity index (χ0v) is 27.8. The van der Waals surface area contributed by atoms with Crippen LogP contribution in [0.4, 0.5) is 4.79 Å². The van der Waals surface area contributed by atoms with Gasteiger partial charge in [0.1, 0.15) is 6.33 Å². The summed E-state index contributed by atoms with van der Waals surface area (Å²) >= 11 is 1.58. The Hall–Kier alpha value is -3.70. The van der Waals surface area contributed by atoms with Crippen LogP contribution in [0.1, 0.15) is 79.6 Å². The Bertz CT molecular complexity index is 1680. The fourth-order valence-electron chi connectivity index (χ4n) is 8.92. The van der Waals surface area contributed by atoms with Crippen molar-refractivity contribution in [1.82, 2.24) is 25.8 Å². The Labute approximate surface area is 285 Å². The van der Waals surface area contributed by atoms with E-state index in [1.807, 2.05) is 42.5 Å². The first-order valence-corrected chi connectivity index (χ1v) is 18.2. The van der Waals surface area contributed by atoms with E-state index in [-0.39, 0.29) is 30.4 Å². The van der Waals surface area contributed by atoms with Gasteiger partial charge in [0.25, 0.3) is 0 Å². The maximum absolute atomic E-state index is 13.1. The molecule has 0 unspecified atom stereocenters. The highest BCUT2D eigenvalue weighted by molar-refractivity contribution is 7.99. The summed E-state index contributed by atoms with van der Waals surface area (Å²) in [5.74, 6) is 3.08. The lowest BCUT2D eigenvalue weighted by Crippen LogP contribution is -2.61. The maximum Gasteiger partial charge on any atom is 0.315 e. The van der Waals surface area contributed by atoms with Crippen LogP contribution in [0.3, 0.4) is 0 Å². The van der Waals surface area contributed by atoms with E-state index in [1.165, 1.54) is 25.6 Å². The highest BCUT2D eigenvalue weighted by Crippen LogP contribution is 2.55. The number of thioether (sulfide) groups is 1. The average Bonchev–Trinajstić information content (AvgIpc) is 3.63. The molecule has 5 fully saturated rings. The first-order valence-electron chi connectivity index (χ1n) is 17.2. The van der Waals surface area contributed by atoms with Gasteiger partial charge in [-0.15, -0.1) is 0 Å². The molecular formula is C38H43N5O4S. The molecule has 0 radical (unpaired) electrons. The van der Waals surface area contributed by atoms with E-state index in [9.17, 15) is 9.90 Å². The lowest BCUT2D eigenvalue weighted by molar-refractivity contribution is -0.245. The molecule has 250 valence electrons. The maximum atomic E-state index is 13.1. The Kier molecular flexibility index (Phi) is 8.98. The number of H-pyrrole nitrogens is 1. The van der Waals surface area contributed by atoms with Crippen LogP contribution in [0.5, 0.6) is 0 Å². The van der Waals surface area contributed by atoms with Crippen molar-refractivity contribution in [3.63, 3.8) is 0 Å². The standard InChI is InChI=1S/C38H43N5O4S/c44-21-24-7-9-29(10-8-24)34-16-33(22-48-37-40-23-41-43-37)46-35(47-34)32-6-2-5-31(15-32)30-4-1-3-25(14-30)20-39-36(45)42-38-17-26-11-27(18-38)13-28(12-26)19-38/h1-10,14-15,23,26-28,33-35,44H,11-13,16-22H2,(H2,39,42,45)(H,40,41,43)/t26?,27?,28?,33-,34+,35+,38?/m0/s1. The third-order valence-corrected chi connectivity index (χ3v) is 11.7. The summed E-state index contributed by atoms with van der Waals surface area (Å²) in [7, 11) is 0. The quantitative estimate of drug-likeness (QED) is 0.134. The topological polar surface area (TPSA) is 121 Å². The minimum atomic E-state index is -0.556.